The van der Waals surface area contributed by atoms with E-state index in [1.165, 1.54) is 6.07 Å². The largest absolute Gasteiger partial charge is 0.396 e. The summed E-state index contributed by atoms with van der Waals surface area (Å²) in [5.41, 5.74) is 7.17. The summed E-state index contributed by atoms with van der Waals surface area (Å²) < 4.78 is 19.1. The van der Waals surface area contributed by atoms with Gasteiger partial charge >= 0.3 is 0 Å². The topological polar surface area (TPSA) is 96.5 Å². The predicted molar refractivity (Wildman–Crippen MR) is 95.2 cm³/mol. The van der Waals surface area contributed by atoms with Gasteiger partial charge in [0.25, 0.3) is 0 Å². The summed E-state index contributed by atoms with van der Waals surface area (Å²) in [5, 5.41) is 12.1. The van der Waals surface area contributed by atoms with Crippen molar-refractivity contribution in [3.05, 3.63) is 29.6 Å². The van der Waals surface area contributed by atoms with Gasteiger partial charge in [-0.15, -0.1) is 0 Å². The molecule has 1 saturated heterocycles. The zero-order chi connectivity index (χ0) is 17.8. The van der Waals surface area contributed by atoms with Crippen molar-refractivity contribution in [3.8, 4) is 11.4 Å². The summed E-state index contributed by atoms with van der Waals surface area (Å²) >= 11 is 0. The van der Waals surface area contributed by atoms with Crippen molar-refractivity contribution in [3.63, 3.8) is 0 Å². The fourth-order valence-electron chi connectivity index (χ4n) is 2.71. The number of nitrogens with one attached hydrogen (secondary N) is 1. The highest BCUT2D eigenvalue weighted by Gasteiger charge is 2.17. The molecule has 3 rings (SSSR count). The number of benzene rings is 1. The van der Waals surface area contributed by atoms with Crippen LogP contribution in [0.2, 0.25) is 0 Å². The number of ether oxygens (including phenoxy) is 1. The molecular formula is C17H22FN5O2. The molecule has 0 amide bonds. The van der Waals surface area contributed by atoms with Gasteiger partial charge in [-0.05, 0) is 24.6 Å². The van der Waals surface area contributed by atoms with Crippen LogP contribution in [-0.2, 0) is 4.74 Å². The summed E-state index contributed by atoms with van der Waals surface area (Å²) in [4.78, 5) is 11.3. The molecule has 8 heteroatoms. The van der Waals surface area contributed by atoms with E-state index in [-0.39, 0.29) is 12.3 Å². The third kappa shape index (κ3) is 3.97. The van der Waals surface area contributed by atoms with Crippen molar-refractivity contribution in [1.29, 1.82) is 0 Å². The first-order valence-corrected chi connectivity index (χ1v) is 8.21. The van der Waals surface area contributed by atoms with Crippen LogP contribution in [0.5, 0.6) is 0 Å². The second kappa shape index (κ2) is 7.62. The van der Waals surface area contributed by atoms with Gasteiger partial charge in [0, 0.05) is 31.3 Å². The highest BCUT2D eigenvalue weighted by Crippen LogP contribution is 2.28. The maximum atomic E-state index is 13.7. The molecule has 1 aliphatic heterocycles. The first-order chi connectivity index (χ1) is 12.1. The zero-order valence-corrected chi connectivity index (χ0v) is 14.1. The quantitative estimate of drug-likeness (QED) is 0.704. The molecule has 2 aromatic rings. The van der Waals surface area contributed by atoms with E-state index in [4.69, 9.17) is 15.6 Å². The molecule has 0 radical (unpaired) electrons. The maximum Gasteiger partial charge on any atom is 0.164 e. The molecule has 4 N–H and O–H groups in total. The Hall–Kier alpha value is -2.45. The Morgan fingerprint density at radius 2 is 2.04 bits per heavy atom. The number of anilines is 3. The third-order valence-corrected chi connectivity index (χ3v) is 4.05. The van der Waals surface area contributed by atoms with Gasteiger partial charge < -0.3 is 25.8 Å². The molecule has 2 heterocycles. The van der Waals surface area contributed by atoms with Crippen LogP contribution >= 0.6 is 0 Å². The maximum absolute atomic E-state index is 13.7. The molecule has 1 fully saturated rings. The second-order valence-electron chi connectivity index (χ2n) is 5.87. The molecule has 0 spiro atoms. The van der Waals surface area contributed by atoms with Crippen molar-refractivity contribution in [2.24, 2.45) is 0 Å². The van der Waals surface area contributed by atoms with Crippen molar-refractivity contribution in [2.45, 2.75) is 6.92 Å². The van der Waals surface area contributed by atoms with E-state index in [0.717, 1.165) is 18.9 Å². The SMILES string of the molecule is Cc1cc(F)c(N)cc1-c1nc(NCCO)cc(N2CCOCC2)n1. The molecule has 7 nitrogen and oxygen atoms in total. The van der Waals surface area contributed by atoms with Crippen LogP contribution in [0.3, 0.4) is 0 Å². The monoisotopic (exact) mass is 347 g/mol. The first kappa shape index (κ1) is 17.4. The number of nitrogen functional groups attached to an aromatic ring is 1. The van der Waals surface area contributed by atoms with Crippen LogP contribution in [0.4, 0.5) is 21.7 Å². The minimum Gasteiger partial charge on any atom is -0.396 e. The molecule has 0 saturated carbocycles. The molecule has 0 bridgehead atoms. The van der Waals surface area contributed by atoms with Crippen LogP contribution in [0.15, 0.2) is 18.2 Å². The molecule has 1 aliphatic rings. The van der Waals surface area contributed by atoms with E-state index < -0.39 is 5.82 Å². The Labute approximate surface area is 145 Å². The number of hydrogen-bond donors (Lipinski definition) is 3. The zero-order valence-electron chi connectivity index (χ0n) is 14.1. The number of nitrogens with two attached hydrogens (primary N) is 1. The van der Waals surface area contributed by atoms with Gasteiger partial charge in [0.15, 0.2) is 5.82 Å². The minimum atomic E-state index is -0.454. The van der Waals surface area contributed by atoms with Crippen LogP contribution < -0.4 is 16.0 Å². The molecule has 1 aromatic carbocycles. The van der Waals surface area contributed by atoms with Gasteiger partial charge in [0.05, 0.1) is 25.5 Å². The fraction of sp³-hybridized carbons (Fsp3) is 0.412. The second-order valence-corrected chi connectivity index (χ2v) is 5.87. The van der Waals surface area contributed by atoms with Gasteiger partial charge in [-0.1, -0.05) is 0 Å². The molecule has 25 heavy (non-hydrogen) atoms. The average molecular weight is 347 g/mol. The van der Waals surface area contributed by atoms with Gasteiger partial charge in [-0.3, -0.25) is 0 Å². The Morgan fingerprint density at radius 3 is 2.76 bits per heavy atom. The normalized spacial score (nSPS) is 14.6. The van der Waals surface area contributed by atoms with Crippen molar-refractivity contribution in [2.75, 3.05) is 55.4 Å². The minimum absolute atomic E-state index is 0.00521. The van der Waals surface area contributed by atoms with Gasteiger partial charge in [-0.25, -0.2) is 14.4 Å². The Morgan fingerprint density at radius 1 is 1.28 bits per heavy atom. The average Bonchev–Trinajstić information content (AvgIpc) is 2.63. The van der Waals surface area contributed by atoms with Crippen molar-refractivity contribution < 1.29 is 14.2 Å². The van der Waals surface area contributed by atoms with Gasteiger partial charge in [0.1, 0.15) is 17.5 Å². The van der Waals surface area contributed by atoms with E-state index in [9.17, 15) is 4.39 Å². The standard InChI is InChI=1S/C17H22FN5O2/c1-11-8-13(18)14(19)9-12(11)17-21-15(20-2-5-24)10-16(22-17)23-3-6-25-7-4-23/h8-10,24H,2-7,19H2,1H3,(H,20,21,22). The molecule has 0 atom stereocenters. The van der Waals surface area contributed by atoms with Crippen LogP contribution in [-0.4, -0.2) is 54.5 Å². The number of morpholine rings is 1. The van der Waals surface area contributed by atoms with Crippen LogP contribution in [0.1, 0.15) is 5.56 Å². The highest BCUT2D eigenvalue weighted by atomic mass is 19.1. The van der Waals surface area contributed by atoms with Crippen molar-refractivity contribution in [1.82, 2.24) is 9.97 Å². The highest BCUT2D eigenvalue weighted by molar-refractivity contribution is 5.68. The number of aromatic nitrogens is 2. The lowest BCUT2D eigenvalue weighted by molar-refractivity contribution is 0.122. The van der Waals surface area contributed by atoms with E-state index in [1.807, 2.05) is 6.07 Å². The number of halogens is 1. The molecule has 134 valence electrons. The number of aliphatic hydroxyl groups is 1. The number of hydrogen-bond acceptors (Lipinski definition) is 7. The fourth-order valence-corrected chi connectivity index (χ4v) is 2.71. The lowest BCUT2D eigenvalue weighted by Crippen LogP contribution is -2.37. The molecule has 0 unspecified atom stereocenters. The lowest BCUT2D eigenvalue weighted by Gasteiger charge is -2.28. The van der Waals surface area contributed by atoms with Gasteiger partial charge in [0.2, 0.25) is 0 Å². The van der Waals surface area contributed by atoms with Gasteiger partial charge in [-0.2, -0.15) is 0 Å². The van der Waals surface area contributed by atoms with E-state index in [1.54, 1.807) is 13.0 Å². The summed E-state index contributed by atoms with van der Waals surface area (Å²) in [6.07, 6.45) is 0. The van der Waals surface area contributed by atoms with Crippen molar-refractivity contribution >= 4 is 17.3 Å². The Balaban J connectivity index is 2.03. The number of aryl methyl sites for hydroxylation is 1. The summed E-state index contributed by atoms with van der Waals surface area (Å²) in [7, 11) is 0. The summed E-state index contributed by atoms with van der Waals surface area (Å²) in [5.74, 6) is 1.37. The lowest BCUT2D eigenvalue weighted by atomic mass is 10.1. The predicted octanol–water partition coefficient (Wildman–Crippen LogP) is 1.41. The number of aliphatic hydroxyl groups excluding tert-OH is 1. The third-order valence-electron chi connectivity index (χ3n) is 4.05. The summed E-state index contributed by atoms with van der Waals surface area (Å²) in [6, 6.07) is 4.78. The molecule has 0 aliphatic carbocycles. The molecular weight excluding hydrogens is 325 g/mol. The summed E-state index contributed by atoms with van der Waals surface area (Å²) in [6.45, 7) is 4.92. The number of nitrogens with zero attached hydrogens (tertiary/aromatic N) is 3. The van der Waals surface area contributed by atoms with Crippen LogP contribution in [0, 0.1) is 12.7 Å². The van der Waals surface area contributed by atoms with E-state index in [2.05, 4.69) is 20.2 Å². The number of rotatable bonds is 5. The Kier molecular flexibility index (Phi) is 5.30. The molecule has 1 aromatic heterocycles. The van der Waals surface area contributed by atoms with E-state index >= 15 is 0 Å². The van der Waals surface area contributed by atoms with Crippen LogP contribution in [0.25, 0.3) is 11.4 Å². The smallest absolute Gasteiger partial charge is 0.164 e. The van der Waals surface area contributed by atoms with E-state index in [0.29, 0.717) is 42.5 Å². The first-order valence-electron chi connectivity index (χ1n) is 8.21. The Bertz CT molecular complexity index is 750.